The molecule has 4 heteroatoms. The largest absolute Gasteiger partial charge is 0.484 e. The number of piperidine rings is 1. The van der Waals surface area contributed by atoms with Gasteiger partial charge in [-0.2, -0.15) is 0 Å². The molecule has 1 amide bonds. The molecule has 1 N–H and O–H groups in total. The number of nitrogens with zero attached hydrogens (tertiary/aromatic N) is 1. The van der Waals surface area contributed by atoms with Gasteiger partial charge in [-0.1, -0.05) is 25.1 Å². The third kappa shape index (κ3) is 5.31. The van der Waals surface area contributed by atoms with E-state index < -0.39 is 0 Å². The van der Waals surface area contributed by atoms with Crippen molar-refractivity contribution in [2.24, 2.45) is 5.92 Å². The number of carbonyl (C=O) groups excluding carboxylic acids is 1. The van der Waals surface area contributed by atoms with E-state index in [0.717, 1.165) is 43.2 Å². The SMILES string of the molecule is C[C@@H]1CCCN(c2ccc(CNC(=O)COc3ccc4c(c3)CCCC4)cc2)C1. The first kappa shape index (κ1) is 19.8. The Morgan fingerprint density at radius 2 is 1.86 bits per heavy atom. The first-order valence-corrected chi connectivity index (χ1v) is 11.0. The van der Waals surface area contributed by atoms with Crippen LogP contribution in [0.15, 0.2) is 42.5 Å². The molecule has 0 aromatic heterocycles. The second-order valence-corrected chi connectivity index (χ2v) is 8.56. The maximum absolute atomic E-state index is 12.2. The van der Waals surface area contributed by atoms with E-state index in [1.165, 1.54) is 42.5 Å². The van der Waals surface area contributed by atoms with Crippen LogP contribution in [0.2, 0.25) is 0 Å². The second kappa shape index (κ2) is 9.34. The quantitative estimate of drug-likeness (QED) is 0.787. The monoisotopic (exact) mass is 392 g/mol. The van der Waals surface area contributed by atoms with Crippen LogP contribution in [0.1, 0.15) is 49.3 Å². The van der Waals surface area contributed by atoms with Gasteiger partial charge in [-0.3, -0.25) is 4.79 Å². The number of ether oxygens (including phenoxy) is 1. The Kier molecular flexibility index (Phi) is 6.38. The van der Waals surface area contributed by atoms with Crippen molar-refractivity contribution in [2.75, 3.05) is 24.6 Å². The van der Waals surface area contributed by atoms with E-state index in [2.05, 4.69) is 53.5 Å². The molecular weight excluding hydrogens is 360 g/mol. The van der Waals surface area contributed by atoms with Crippen LogP contribution in [0.3, 0.4) is 0 Å². The van der Waals surface area contributed by atoms with Crippen molar-refractivity contribution < 1.29 is 9.53 Å². The summed E-state index contributed by atoms with van der Waals surface area (Å²) in [6.45, 7) is 5.18. The van der Waals surface area contributed by atoms with Crippen LogP contribution in [0.25, 0.3) is 0 Å². The Morgan fingerprint density at radius 1 is 1.07 bits per heavy atom. The molecule has 29 heavy (non-hydrogen) atoms. The minimum Gasteiger partial charge on any atom is -0.484 e. The molecule has 154 valence electrons. The Balaban J connectivity index is 1.23. The van der Waals surface area contributed by atoms with Crippen LogP contribution in [-0.2, 0) is 24.2 Å². The Hall–Kier alpha value is -2.49. The molecule has 1 fully saturated rings. The van der Waals surface area contributed by atoms with E-state index in [4.69, 9.17) is 4.74 Å². The number of benzene rings is 2. The lowest BCUT2D eigenvalue weighted by Gasteiger charge is -2.32. The van der Waals surface area contributed by atoms with E-state index >= 15 is 0 Å². The highest BCUT2D eigenvalue weighted by Gasteiger charge is 2.16. The van der Waals surface area contributed by atoms with Gasteiger partial charge in [0.25, 0.3) is 5.91 Å². The van der Waals surface area contributed by atoms with Crippen molar-refractivity contribution >= 4 is 11.6 Å². The molecule has 0 unspecified atom stereocenters. The summed E-state index contributed by atoms with van der Waals surface area (Å²) in [6.07, 6.45) is 7.38. The summed E-state index contributed by atoms with van der Waals surface area (Å²) in [5.41, 5.74) is 5.19. The summed E-state index contributed by atoms with van der Waals surface area (Å²) in [7, 11) is 0. The van der Waals surface area contributed by atoms with Crippen LogP contribution in [0.4, 0.5) is 5.69 Å². The fraction of sp³-hybridized carbons (Fsp3) is 0.480. The highest BCUT2D eigenvalue weighted by atomic mass is 16.5. The van der Waals surface area contributed by atoms with Gasteiger partial charge in [-0.05, 0) is 85.4 Å². The number of nitrogens with one attached hydrogen (secondary N) is 1. The number of amides is 1. The molecule has 1 atom stereocenters. The van der Waals surface area contributed by atoms with E-state index in [9.17, 15) is 4.79 Å². The molecule has 4 rings (SSSR count). The van der Waals surface area contributed by atoms with Crippen molar-refractivity contribution in [3.63, 3.8) is 0 Å². The van der Waals surface area contributed by atoms with Crippen LogP contribution >= 0.6 is 0 Å². The third-order valence-electron chi connectivity index (χ3n) is 6.14. The van der Waals surface area contributed by atoms with Crippen LogP contribution in [0, 0.1) is 5.92 Å². The highest BCUT2D eigenvalue weighted by Crippen LogP contribution is 2.25. The average Bonchev–Trinajstić information content (AvgIpc) is 2.76. The number of hydrogen-bond donors (Lipinski definition) is 1. The first-order chi connectivity index (χ1) is 14.2. The van der Waals surface area contributed by atoms with Gasteiger partial charge in [-0.15, -0.1) is 0 Å². The standard InChI is InChI=1S/C25H32N2O2/c1-19-5-4-14-27(17-19)23-11-8-20(9-12-23)16-26-25(28)18-29-24-13-10-21-6-2-3-7-22(21)15-24/h8-13,15,19H,2-7,14,16-18H2,1H3,(H,26,28)/t19-/m1/s1. The van der Waals surface area contributed by atoms with Gasteiger partial charge in [0, 0.05) is 25.3 Å². The Morgan fingerprint density at radius 3 is 2.66 bits per heavy atom. The summed E-state index contributed by atoms with van der Waals surface area (Å²) >= 11 is 0. The lowest BCUT2D eigenvalue weighted by Crippen LogP contribution is -2.34. The van der Waals surface area contributed by atoms with Gasteiger partial charge in [-0.25, -0.2) is 0 Å². The van der Waals surface area contributed by atoms with E-state index in [0.29, 0.717) is 6.54 Å². The fourth-order valence-electron chi connectivity index (χ4n) is 4.45. The molecular formula is C25H32N2O2. The lowest BCUT2D eigenvalue weighted by atomic mass is 9.92. The van der Waals surface area contributed by atoms with Gasteiger partial charge in [0.15, 0.2) is 6.61 Å². The fourth-order valence-corrected chi connectivity index (χ4v) is 4.45. The number of carbonyl (C=O) groups is 1. The van der Waals surface area contributed by atoms with Crippen LogP contribution < -0.4 is 15.0 Å². The number of rotatable bonds is 6. The van der Waals surface area contributed by atoms with Gasteiger partial charge >= 0.3 is 0 Å². The summed E-state index contributed by atoms with van der Waals surface area (Å²) in [4.78, 5) is 14.6. The normalized spacial score (nSPS) is 18.8. The van der Waals surface area contributed by atoms with E-state index in [-0.39, 0.29) is 12.5 Å². The molecule has 0 spiro atoms. The zero-order valence-corrected chi connectivity index (χ0v) is 17.5. The topological polar surface area (TPSA) is 41.6 Å². The number of fused-ring (bicyclic) bond motifs is 1. The van der Waals surface area contributed by atoms with Crippen molar-refractivity contribution in [2.45, 2.75) is 52.0 Å². The molecule has 2 aromatic rings. The molecule has 0 saturated carbocycles. The Bertz CT molecular complexity index is 831. The van der Waals surface area contributed by atoms with Gasteiger partial charge < -0.3 is 15.0 Å². The minimum atomic E-state index is -0.0864. The summed E-state index contributed by atoms with van der Waals surface area (Å²) in [5.74, 6) is 1.47. The molecule has 0 bridgehead atoms. The van der Waals surface area contributed by atoms with Crippen molar-refractivity contribution in [3.8, 4) is 5.75 Å². The minimum absolute atomic E-state index is 0.0581. The Labute approximate surface area is 174 Å². The number of anilines is 1. The summed E-state index contributed by atoms with van der Waals surface area (Å²) < 4.78 is 5.71. The molecule has 2 aromatic carbocycles. The second-order valence-electron chi connectivity index (χ2n) is 8.56. The molecule has 1 saturated heterocycles. The molecule has 2 aliphatic rings. The maximum Gasteiger partial charge on any atom is 0.258 e. The number of aryl methyl sites for hydroxylation is 2. The number of hydrogen-bond acceptors (Lipinski definition) is 3. The van der Waals surface area contributed by atoms with Gasteiger partial charge in [0.1, 0.15) is 5.75 Å². The predicted octanol–water partition coefficient (Wildman–Crippen LogP) is 4.50. The smallest absolute Gasteiger partial charge is 0.258 e. The molecule has 1 heterocycles. The third-order valence-corrected chi connectivity index (χ3v) is 6.14. The van der Waals surface area contributed by atoms with E-state index in [1.807, 2.05) is 6.07 Å². The molecule has 1 aliphatic heterocycles. The summed E-state index contributed by atoms with van der Waals surface area (Å²) in [6, 6.07) is 14.8. The molecule has 1 aliphatic carbocycles. The predicted molar refractivity (Wildman–Crippen MR) is 117 cm³/mol. The lowest BCUT2D eigenvalue weighted by molar-refractivity contribution is -0.123. The molecule has 0 radical (unpaired) electrons. The van der Waals surface area contributed by atoms with Crippen molar-refractivity contribution in [1.82, 2.24) is 5.32 Å². The van der Waals surface area contributed by atoms with Crippen molar-refractivity contribution in [1.29, 1.82) is 0 Å². The highest BCUT2D eigenvalue weighted by molar-refractivity contribution is 5.77. The average molecular weight is 393 g/mol. The first-order valence-electron chi connectivity index (χ1n) is 11.0. The van der Waals surface area contributed by atoms with Crippen LogP contribution in [-0.4, -0.2) is 25.6 Å². The summed E-state index contributed by atoms with van der Waals surface area (Å²) in [5, 5.41) is 2.96. The van der Waals surface area contributed by atoms with Crippen LogP contribution in [0.5, 0.6) is 5.75 Å². The molecule has 4 nitrogen and oxygen atoms in total. The van der Waals surface area contributed by atoms with Gasteiger partial charge in [0.2, 0.25) is 0 Å². The van der Waals surface area contributed by atoms with Crippen molar-refractivity contribution in [3.05, 3.63) is 59.2 Å². The van der Waals surface area contributed by atoms with E-state index in [1.54, 1.807) is 0 Å². The zero-order valence-electron chi connectivity index (χ0n) is 17.5. The van der Waals surface area contributed by atoms with Gasteiger partial charge in [0.05, 0.1) is 0 Å². The maximum atomic E-state index is 12.2. The zero-order chi connectivity index (χ0) is 20.1.